The van der Waals surface area contributed by atoms with Crippen LogP contribution in [0.2, 0.25) is 0 Å². The molecule has 1 aliphatic rings. The average Bonchev–Trinajstić information content (AvgIpc) is 2.96. The number of rotatable bonds is 3. The lowest BCUT2D eigenvalue weighted by Gasteiger charge is -2.32. The van der Waals surface area contributed by atoms with Crippen molar-refractivity contribution in [3.05, 3.63) is 47.7 Å². The van der Waals surface area contributed by atoms with E-state index in [9.17, 15) is 0 Å². The zero-order valence-electron chi connectivity index (χ0n) is 14.0. The molecule has 1 saturated heterocycles. The smallest absolute Gasteiger partial charge is 0.398 e. The van der Waals surface area contributed by atoms with Crippen LogP contribution in [0, 0.1) is 6.92 Å². The summed E-state index contributed by atoms with van der Waals surface area (Å²) < 4.78 is 14.0. The number of aryl methyl sites for hydroxylation is 1. The molecule has 0 radical (unpaired) electrons. The number of nitrogens with zero attached hydrogens (tertiary/aromatic N) is 2. The summed E-state index contributed by atoms with van der Waals surface area (Å²) in [7, 11) is -0.400. The van der Waals surface area contributed by atoms with Crippen LogP contribution in [0.1, 0.15) is 38.8 Å². The van der Waals surface area contributed by atoms with Gasteiger partial charge in [0.2, 0.25) is 0 Å². The quantitative estimate of drug-likeness (QED) is 0.817. The molecule has 0 amide bonds. The van der Waals surface area contributed by atoms with E-state index in [-0.39, 0.29) is 11.2 Å². The Morgan fingerprint density at radius 2 is 1.68 bits per heavy atom. The van der Waals surface area contributed by atoms with Gasteiger partial charge in [-0.05, 0) is 51.8 Å². The molecular weight excluding hydrogens is 275 g/mol. The van der Waals surface area contributed by atoms with Gasteiger partial charge in [-0.25, -0.2) is 0 Å². The van der Waals surface area contributed by atoms with Gasteiger partial charge in [-0.3, -0.25) is 4.68 Å². The molecule has 0 aliphatic carbocycles. The molecule has 2 heterocycles. The topological polar surface area (TPSA) is 36.3 Å². The van der Waals surface area contributed by atoms with E-state index in [4.69, 9.17) is 9.31 Å². The molecule has 0 spiro atoms. The Kier molecular flexibility index (Phi) is 3.65. The maximum absolute atomic E-state index is 6.04. The maximum Gasteiger partial charge on any atom is 0.516 e. The molecule has 0 atom stereocenters. The summed E-state index contributed by atoms with van der Waals surface area (Å²) in [6.07, 6.45) is 1.98. The van der Waals surface area contributed by atoms with Crippen LogP contribution < -0.4 is 5.59 Å². The number of hydrogen-bond donors (Lipinski definition) is 0. The van der Waals surface area contributed by atoms with Gasteiger partial charge in [0.25, 0.3) is 0 Å². The highest BCUT2D eigenvalue weighted by Gasteiger charge is 2.52. The van der Waals surface area contributed by atoms with Gasteiger partial charge in [-0.2, -0.15) is 5.10 Å². The minimum atomic E-state index is -0.400. The molecule has 2 aromatic rings. The van der Waals surface area contributed by atoms with Gasteiger partial charge in [-0.1, -0.05) is 24.3 Å². The van der Waals surface area contributed by atoms with Crippen LogP contribution in [0.4, 0.5) is 0 Å². The lowest BCUT2D eigenvalue weighted by Crippen LogP contribution is -2.41. The normalized spacial score (nSPS) is 19.6. The van der Waals surface area contributed by atoms with Crippen molar-refractivity contribution in [2.24, 2.45) is 0 Å². The Labute approximate surface area is 132 Å². The van der Waals surface area contributed by atoms with Crippen LogP contribution in [0.5, 0.6) is 0 Å². The minimum absolute atomic E-state index is 0.336. The van der Waals surface area contributed by atoms with Crippen LogP contribution in [-0.4, -0.2) is 28.1 Å². The fraction of sp³-hybridized carbons (Fsp3) is 0.471. The Hall–Kier alpha value is -1.59. The van der Waals surface area contributed by atoms with Crippen molar-refractivity contribution < 1.29 is 9.31 Å². The number of benzene rings is 1. The fourth-order valence-corrected chi connectivity index (χ4v) is 2.52. The van der Waals surface area contributed by atoms with E-state index in [2.05, 4.69) is 64.0 Å². The second kappa shape index (κ2) is 5.25. The van der Waals surface area contributed by atoms with E-state index in [0.717, 1.165) is 12.1 Å². The van der Waals surface area contributed by atoms with Crippen molar-refractivity contribution in [2.45, 2.75) is 52.4 Å². The number of hydrogen-bond acceptors (Lipinski definition) is 3. The van der Waals surface area contributed by atoms with Gasteiger partial charge >= 0.3 is 7.12 Å². The molecule has 1 aliphatic heterocycles. The van der Waals surface area contributed by atoms with Crippen LogP contribution in [0.3, 0.4) is 0 Å². The minimum Gasteiger partial charge on any atom is -0.398 e. The average molecular weight is 298 g/mol. The van der Waals surface area contributed by atoms with Crippen molar-refractivity contribution in [1.82, 2.24) is 9.78 Å². The summed E-state index contributed by atoms with van der Waals surface area (Å²) in [5.41, 5.74) is 2.70. The van der Waals surface area contributed by atoms with E-state index in [1.54, 1.807) is 0 Å². The molecule has 0 unspecified atom stereocenters. The van der Waals surface area contributed by atoms with Crippen molar-refractivity contribution >= 4 is 12.7 Å². The second-order valence-corrected chi connectivity index (χ2v) is 6.95. The molecule has 0 N–H and O–H groups in total. The van der Waals surface area contributed by atoms with Gasteiger partial charge in [0.15, 0.2) is 0 Å². The van der Waals surface area contributed by atoms with E-state index >= 15 is 0 Å². The first-order valence-electron chi connectivity index (χ1n) is 7.72. The standard InChI is InChI=1S/C17H23BN2O2/c1-13-8-6-7-9-14(13)12-20-11-10-15(19-20)18-21-16(2,3)17(4,5)22-18/h6-11H,12H2,1-5H3. The SMILES string of the molecule is Cc1ccccc1Cn1ccc(B2OC(C)(C)C(C)(C)O2)n1. The molecule has 0 bridgehead atoms. The fourth-order valence-electron chi connectivity index (χ4n) is 2.52. The third-order valence-corrected chi connectivity index (χ3v) is 4.75. The van der Waals surface area contributed by atoms with E-state index in [1.165, 1.54) is 11.1 Å². The lowest BCUT2D eigenvalue weighted by atomic mass is 9.85. The summed E-state index contributed by atoms with van der Waals surface area (Å²) in [5, 5.41) is 4.63. The first-order valence-corrected chi connectivity index (χ1v) is 7.72. The van der Waals surface area contributed by atoms with Crippen molar-refractivity contribution in [3.63, 3.8) is 0 Å². The van der Waals surface area contributed by atoms with Gasteiger partial charge in [0, 0.05) is 6.20 Å². The summed E-state index contributed by atoms with van der Waals surface area (Å²) in [5.74, 6) is 0. The molecule has 0 saturated carbocycles. The number of aromatic nitrogens is 2. The molecule has 5 heteroatoms. The monoisotopic (exact) mass is 298 g/mol. The molecule has 1 aromatic carbocycles. The van der Waals surface area contributed by atoms with Crippen LogP contribution in [0.15, 0.2) is 36.5 Å². The van der Waals surface area contributed by atoms with E-state index in [0.29, 0.717) is 0 Å². The highest BCUT2D eigenvalue weighted by molar-refractivity contribution is 6.61. The van der Waals surface area contributed by atoms with Crippen molar-refractivity contribution in [3.8, 4) is 0 Å². The Bertz CT molecular complexity index is 663. The lowest BCUT2D eigenvalue weighted by molar-refractivity contribution is 0.00578. The van der Waals surface area contributed by atoms with Gasteiger partial charge in [-0.15, -0.1) is 0 Å². The van der Waals surface area contributed by atoms with E-state index in [1.807, 2.05) is 16.9 Å². The highest BCUT2D eigenvalue weighted by Crippen LogP contribution is 2.36. The molecule has 22 heavy (non-hydrogen) atoms. The van der Waals surface area contributed by atoms with Gasteiger partial charge in [0.1, 0.15) is 0 Å². The van der Waals surface area contributed by atoms with Crippen LogP contribution >= 0.6 is 0 Å². The third-order valence-electron chi connectivity index (χ3n) is 4.75. The molecule has 1 aromatic heterocycles. The van der Waals surface area contributed by atoms with Crippen molar-refractivity contribution in [2.75, 3.05) is 0 Å². The molecule has 1 fully saturated rings. The highest BCUT2D eigenvalue weighted by atomic mass is 16.7. The largest absolute Gasteiger partial charge is 0.516 e. The maximum atomic E-state index is 6.04. The predicted molar refractivity (Wildman–Crippen MR) is 88.2 cm³/mol. The summed E-state index contributed by atoms with van der Waals surface area (Å²) >= 11 is 0. The summed E-state index contributed by atoms with van der Waals surface area (Å²) in [4.78, 5) is 0. The Balaban J connectivity index is 1.77. The first kappa shape index (κ1) is 15.3. The van der Waals surface area contributed by atoms with Gasteiger partial charge in [0.05, 0.1) is 23.3 Å². The molecule has 4 nitrogen and oxygen atoms in total. The summed E-state index contributed by atoms with van der Waals surface area (Å²) in [6.45, 7) is 11.1. The molecular formula is C17H23BN2O2. The third kappa shape index (κ3) is 2.71. The zero-order chi connectivity index (χ0) is 16.0. The van der Waals surface area contributed by atoms with Crippen LogP contribution in [0.25, 0.3) is 0 Å². The molecule has 3 rings (SSSR count). The molecule has 116 valence electrons. The Morgan fingerprint density at radius 3 is 2.32 bits per heavy atom. The Morgan fingerprint density at radius 1 is 1.05 bits per heavy atom. The predicted octanol–water partition coefficient (Wildman–Crippen LogP) is 2.54. The van der Waals surface area contributed by atoms with E-state index < -0.39 is 7.12 Å². The van der Waals surface area contributed by atoms with Crippen molar-refractivity contribution in [1.29, 1.82) is 0 Å². The van der Waals surface area contributed by atoms with Gasteiger partial charge < -0.3 is 9.31 Å². The zero-order valence-corrected chi connectivity index (χ0v) is 14.0. The second-order valence-electron chi connectivity index (χ2n) is 6.95. The summed E-state index contributed by atoms with van der Waals surface area (Å²) in [6, 6.07) is 10.3. The van der Waals surface area contributed by atoms with Crippen LogP contribution in [-0.2, 0) is 15.9 Å². The first-order chi connectivity index (χ1) is 10.3.